The number of fused-ring (bicyclic) bond motifs is 1. The third-order valence-electron chi connectivity index (χ3n) is 10.9. The Hall–Kier alpha value is -4.51. The van der Waals surface area contributed by atoms with Crippen LogP contribution in [-0.4, -0.2) is 0 Å². The molecule has 0 saturated heterocycles. The van der Waals surface area contributed by atoms with Crippen LogP contribution in [0.5, 0.6) is 0 Å². The van der Waals surface area contributed by atoms with Crippen molar-refractivity contribution in [1.29, 1.82) is 0 Å². The molecular formula is C61H84W. The summed E-state index contributed by atoms with van der Waals surface area (Å²) in [5.74, 6) is 0. The van der Waals surface area contributed by atoms with Crippen LogP contribution >= 0.6 is 0 Å². The van der Waals surface area contributed by atoms with Crippen molar-refractivity contribution in [3.8, 4) is 0 Å². The molecule has 0 bridgehead atoms. The number of aryl methyl sites for hydroxylation is 16. The van der Waals surface area contributed by atoms with Crippen LogP contribution in [-0.2, 0) is 21.1 Å². The Morgan fingerprint density at radius 2 is 0.339 bits per heavy atom. The van der Waals surface area contributed by atoms with Crippen molar-refractivity contribution in [3.05, 3.63) is 237 Å². The molecule has 7 aromatic rings. The molecular weight excluding hydrogens is 917 g/mol. The molecule has 0 spiro atoms. The maximum absolute atomic E-state index is 2.27. The minimum absolute atomic E-state index is 0. The van der Waals surface area contributed by atoms with Crippen LogP contribution in [0.3, 0.4) is 0 Å². The fourth-order valence-corrected chi connectivity index (χ4v) is 5.56. The second-order valence-corrected chi connectivity index (χ2v) is 16.3. The van der Waals surface area contributed by atoms with Crippen LogP contribution < -0.4 is 0 Å². The Kier molecular flexibility index (Phi) is 33.0. The Labute approximate surface area is 397 Å². The summed E-state index contributed by atoms with van der Waals surface area (Å²) in [7, 11) is 0. The fraction of sp³-hybridized carbons (Fsp3) is 0.311. The summed E-state index contributed by atoms with van der Waals surface area (Å²) >= 11 is 0. The van der Waals surface area contributed by atoms with Gasteiger partial charge in [0.15, 0.2) is 0 Å². The van der Waals surface area contributed by atoms with Gasteiger partial charge in [0.2, 0.25) is 0 Å². The van der Waals surface area contributed by atoms with Crippen molar-refractivity contribution in [2.24, 2.45) is 0 Å². The van der Waals surface area contributed by atoms with Gasteiger partial charge in [0.05, 0.1) is 0 Å². The largest absolute Gasteiger partial charge is 2.00 e. The molecule has 0 aromatic heterocycles. The standard InChI is InChI=1S/C14H16.C10H14.4C8H10.C3H8.2CH3.W/c1-9-5-13-7-11(3)12(4)8-14(13)6-10(9)2;1-7-5-9(3)10(4)6-8(7)2;4*1-7-5-3-4-6-8(7)2;1-3-2;;;/h5-8H,1-4H3;5-6H,1-4H3;4*3-6H,1-2H3;3H2,1-2H3;2*1H3;/q;;;;;;;2*-1;+2. The summed E-state index contributed by atoms with van der Waals surface area (Å²) in [6.45, 7) is 38.5. The van der Waals surface area contributed by atoms with Gasteiger partial charge in [-0.25, -0.2) is 0 Å². The summed E-state index contributed by atoms with van der Waals surface area (Å²) in [6.07, 6.45) is 1.25. The zero-order valence-electron chi connectivity index (χ0n) is 42.8. The molecule has 0 aliphatic heterocycles. The summed E-state index contributed by atoms with van der Waals surface area (Å²) < 4.78 is 0. The molecule has 0 nitrogen and oxygen atoms in total. The van der Waals surface area contributed by atoms with E-state index in [4.69, 9.17) is 0 Å². The molecule has 0 saturated carbocycles. The van der Waals surface area contributed by atoms with E-state index in [-0.39, 0.29) is 35.9 Å². The Bertz CT molecular complexity index is 1890. The van der Waals surface area contributed by atoms with E-state index in [1.807, 2.05) is 0 Å². The van der Waals surface area contributed by atoms with Gasteiger partial charge in [-0.1, -0.05) is 154 Å². The summed E-state index contributed by atoms with van der Waals surface area (Å²) in [4.78, 5) is 0. The van der Waals surface area contributed by atoms with E-state index >= 15 is 0 Å². The first-order chi connectivity index (χ1) is 27.8. The van der Waals surface area contributed by atoms with E-state index in [9.17, 15) is 0 Å². The second kappa shape index (κ2) is 33.1. The molecule has 0 amide bonds. The summed E-state index contributed by atoms with van der Waals surface area (Å²) in [5, 5.41) is 2.72. The number of rotatable bonds is 0. The van der Waals surface area contributed by atoms with Gasteiger partial charge >= 0.3 is 21.1 Å². The molecule has 7 rings (SSSR count). The predicted molar refractivity (Wildman–Crippen MR) is 281 cm³/mol. The van der Waals surface area contributed by atoms with Crippen molar-refractivity contribution < 1.29 is 21.1 Å². The van der Waals surface area contributed by atoms with Crippen molar-refractivity contribution in [2.45, 2.75) is 131 Å². The Morgan fingerprint density at radius 3 is 0.452 bits per heavy atom. The SMILES string of the molecule is CCC.Cc1cc(C)c(C)cc1C.Cc1cc2cc(C)c(C)cc2cc1C.Cc1ccccc1C.Cc1ccccc1C.Cc1ccccc1C.Cc1ccccc1C.[CH3-].[CH3-].[W+2]. The van der Waals surface area contributed by atoms with E-state index in [1.165, 1.54) is 106 Å². The molecule has 62 heavy (non-hydrogen) atoms. The monoisotopic (exact) mass is 1000 g/mol. The number of hydrogen-bond donors (Lipinski definition) is 0. The molecule has 0 radical (unpaired) electrons. The molecule has 0 aliphatic carbocycles. The van der Waals surface area contributed by atoms with Crippen molar-refractivity contribution in [3.63, 3.8) is 0 Å². The van der Waals surface area contributed by atoms with Gasteiger partial charge in [0.1, 0.15) is 0 Å². The third-order valence-corrected chi connectivity index (χ3v) is 10.9. The zero-order valence-corrected chi connectivity index (χ0v) is 45.8. The van der Waals surface area contributed by atoms with Crippen LogP contribution in [0.2, 0.25) is 0 Å². The molecule has 0 unspecified atom stereocenters. The van der Waals surface area contributed by atoms with E-state index in [0.29, 0.717) is 0 Å². The van der Waals surface area contributed by atoms with E-state index < -0.39 is 0 Å². The average molecular weight is 1000 g/mol. The minimum Gasteiger partial charge on any atom is -0.358 e. The van der Waals surface area contributed by atoms with Crippen LogP contribution in [0, 0.1) is 126 Å². The number of hydrogen-bond acceptors (Lipinski definition) is 0. The molecule has 0 fully saturated rings. The topological polar surface area (TPSA) is 0 Å². The van der Waals surface area contributed by atoms with Crippen molar-refractivity contribution in [1.82, 2.24) is 0 Å². The first kappa shape index (κ1) is 61.8. The quantitative estimate of drug-likeness (QED) is 0.133. The van der Waals surface area contributed by atoms with Gasteiger partial charge in [-0.15, -0.1) is 0 Å². The second-order valence-electron chi connectivity index (χ2n) is 16.3. The molecule has 1 heteroatoms. The minimum atomic E-state index is 0. The molecule has 0 heterocycles. The van der Waals surface area contributed by atoms with E-state index in [1.54, 1.807) is 0 Å². The van der Waals surface area contributed by atoms with Crippen molar-refractivity contribution >= 4 is 10.8 Å². The Balaban J connectivity index is -0.000000667. The summed E-state index contributed by atoms with van der Waals surface area (Å²) in [5.41, 5.74) is 22.0. The molecule has 0 aliphatic rings. The van der Waals surface area contributed by atoms with E-state index in [2.05, 4.69) is 258 Å². The Morgan fingerprint density at radius 1 is 0.226 bits per heavy atom. The third kappa shape index (κ3) is 23.6. The molecule has 334 valence electrons. The summed E-state index contributed by atoms with van der Waals surface area (Å²) in [6, 6.07) is 47.0. The normalized spacial score (nSPS) is 9.13. The molecule has 0 N–H and O–H groups in total. The number of benzene rings is 7. The molecule has 7 aromatic carbocycles. The zero-order chi connectivity index (χ0) is 44.7. The predicted octanol–water partition coefficient (Wildman–Crippen LogP) is 18.5. The van der Waals surface area contributed by atoms with Crippen molar-refractivity contribution in [2.75, 3.05) is 0 Å². The maximum atomic E-state index is 2.27. The van der Waals surface area contributed by atoms with Gasteiger partial charge in [-0.05, 0) is 211 Å². The molecule has 0 atom stereocenters. The van der Waals surface area contributed by atoms with Crippen LogP contribution in [0.1, 0.15) is 109 Å². The smallest absolute Gasteiger partial charge is 0.358 e. The first-order valence-corrected chi connectivity index (χ1v) is 21.4. The first-order valence-electron chi connectivity index (χ1n) is 21.4. The van der Waals surface area contributed by atoms with Crippen LogP contribution in [0.4, 0.5) is 0 Å². The fourth-order valence-electron chi connectivity index (χ4n) is 5.56. The van der Waals surface area contributed by atoms with Gasteiger partial charge in [-0.2, -0.15) is 0 Å². The van der Waals surface area contributed by atoms with Gasteiger partial charge in [0.25, 0.3) is 0 Å². The maximum Gasteiger partial charge on any atom is 2.00 e. The van der Waals surface area contributed by atoms with Gasteiger partial charge in [0, 0.05) is 0 Å². The van der Waals surface area contributed by atoms with Gasteiger partial charge in [-0.3, -0.25) is 0 Å². The van der Waals surface area contributed by atoms with Crippen LogP contribution in [0.15, 0.2) is 133 Å². The van der Waals surface area contributed by atoms with Crippen LogP contribution in [0.25, 0.3) is 10.8 Å². The van der Waals surface area contributed by atoms with Gasteiger partial charge < -0.3 is 14.9 Å². The average Bonchev–Trinajstić information content (AvgIpc) is 3.19. The van der Waals surface area contributed by atoms with E-state index in [0.717, 1.165) is 0 Å².